The first-order valence-electron chi connectivity index (χ1n) is 10.5. The molecule has 3 N–H and O–H groups in total. The smallest absolute Gasteiger partial charge is 0.224 e. The highest BCUT2D eigenvalue weighted by atomic mass is 35.5. The number of halogens is 1. The van der Waals surface area contributed by atoms with Crippen LogP contribution >= 0.6 is 28.4 Å². The van der Waals surface area contributed by atoms with Crippen LogP contribution in [-0.4, -0.2) is 56.4 Å². The Balaban J connectivity index is 1.46. The van der Waals surface area contributed by atoms with Crippen molar-refractivity contribution in [3.63, 3.8) is 0 Å². The van der Waals surface area contributed by atoms with E-state index in [2.05, 4.69) is 28.0 Å². The topological polar surface area (TPSA) is 108 Å². The summed E-state index contributed by atoms with van der Waals surface area (Å²) in [5, 5.41) is 1.23. The average molecular weight is 488 g/mol. The molecule has 2 heterocycles. The van der Waals surface area contributed by atoms with Gasteiger partial charge in [0.25, 0.3) is 0 Å². The Kier molecular flexibility index (Phi) is 7.95. The average Bonchev–Trinajstić information content (AvgIpc) is 3.42. The Bertz CT molecular complexity index is 902. The number of hydrogen-bond acceptors (Lipinski definition) is 8. The second kappa shape index (κ2) is 10.5. The summed E-state index contributed by atoms with van der Waals surface area (Å²) in [6.45, 7) is 0.236. The van der Waals surface area contributed by atoms with Crippen LogP contribution in [0.5, 0.6) is 0 Å². The van der Waals surface area contributed by atoms with Gasteiger partial charge in [0.05, 0.1) is 30.2 Å². The third kappa shape index (κ3) is 5.82. The van der Waals surface area contributed by atoms with Crippen molar-refractivity contribution >= 4 is 45.1 Å². The lowest BCUT2D eigenvalue weighted by atomic mass is 10.0. The summed E-state index contributed by atoms with van der Waals surface area (Å²) in [6, 6.07) is 6.61. The van der Waals surface area contributed by atoms with Gasteiger partial charge in [-0.25, -0.2) is 4.98 Å². The van der Waals surface area contributed by atoms with Crippen molar-refractivity contribution in [3.8, 4) is 0 Å². The molecule has 8 nitrogen and oxygen atoms in total. The lowest BCUT2D eigenvalue weighted by molar-refractivity contribution is 0.0178. The summed E-state index contributed by atoms with van der Waals surface area (Å²) < 4.78 is 11.5. The maximum Gasteiger partial charge on any atom is 0.224 e. The number of fused-ring (bicyclic) bond motifs is 1. The van der Waals surface area contributed by atoms with Gasteiger partial charge in [0.1, 0.15) is 5.82 Å². The molecular formula is C20H28ClN3O5P2. The van der Waals surface area contributed by atoms with E-state index in [1.807, 2.05) is 12.1 Å². The molecule has 1 aliphatic heterocycles. The van der Waals surface area contributed by atoms with E-state index in [9.17, 15) is 4.89 Å². The summed E-state index contributed by atoms with van der Waals surface area (Å²) in [4.78, 5) is 38.9. The summed E-state index contributed by atoms with van der Waals surface area (Å²) in [5.41, 5.74) is 1.83. The van der Waals surface area contributed by atoms with Crippen LogP contribution in [0, 0.1) is 0 Å². The quantitative estimate of drug-likeness (QED) is 0.370. The molecule has 2 aliphatic rings. The standard InChI is InChI=1S/C20H28ClN3O5P2/c1-24(14-4-2-3-5-14)19-16-8-6-13(10-17(16)22-20(21)23-19)18-9-7-15(29-18)11-28-31(27)12-30(25)26/h6,8,10,14-15,18,25-27H,2-5,7,9,11-12H2,1H3/t15?,18-,31?/m1/s1. The summed E-state index contributed by atoms with van der Waals surface area (Å²) in [6.07, 6.45) is 6.26. The molecule has 1 aromatic heterocycles. The first-order chi connectivity index (χ1) is 14.9. The fourth-order valence-electron chi connectivity index (χ4n) is 4.43. The van der Waals surface area contributed by atoms with Gasteiger partial charge in [-0.3, -0.25) is 0 Å². The van der Waals surface area contributed by atoms with E-state index in [1.54, 1.807) is 0 Å². The summed E-state index contributed by atoms with van der Waals surface area (Å²) in [5.74, 6) is 0.750. The van der Waals surface area contributed by atoms with E-state index in [4.69, 9.17) is 30.6 Å². The highest BCUT2D eigenvalue weighted by Gasteiger charge is 2.29. The van der Waals surface area contributed by atoms with Gasteiger partial charge in [0.15, 0.2) is 16.8 Å². The molecule has 170 valence electrons. The van der Waals surface area contributed by atoms with Crippen LogP contribution < -0.4 is 4.90 Å². The Hall–Kier alpha value is -0.690. The molecule has 2 unspecified atom stereocenters. The number of ether oxygens (including phenoxy) is 1. The normalized spacial score (nSPS) is 23.2. The molecule has 11 heteroatoms. The molecule has 0 spiro atoms. The second-order valence-electron chi connectivity index (χ2n) is 8.13. The third-order valence-electron chi connectivity index (χ3n) is 6.02. The molecule has 1 saturated heterocycles. The van der Waals surface area contributed by atoms with Crippen LogP contribution in [0.15, 0.2) is 18.2 Å². The molecule has 2 aromatic rings. The van der Waals surface area contributed by atoms with Gasteiger partial charge in [0.2, 0.25) is 5.28 Å². The molecule has 3 atom stereocenters. The largest absolute Gasteiger partial charge is 0.368 e. The minimum Gasteiger partial charge on any atom is -0.368 e. The lowest BCUT2D eigenvalue weighted by Gasteiger charge is -2.26. The minimum absolute atomic E-state index is 0.0829. The number of hydrogen-bond donors (Lipinski definition) is 3. The van der Waals surface area contributed by atoms with Gasteiger partial charge in [-0.1, -0.05) is 18.9 Å². The van der Waals surface area contributed by atoms with Crippen LogP contribution in [0.25, 0.3) is 10.9 Å². The molecular weight excluding hydrogens is 460 g/mol. The maximum atomic E-state index is 9.71. The van der Waals surface area contributed by atoms with Crippen LogP contribution in [0.1, 0.15) is 50.2 Å². The Morgan fingerprint density at radius 3 is 2.68 bits per heavy atom. The highest BCUT2D eigenvalue weighted by molar-refractivity contribution is 7.63. The molecule has 0 amide bonds. The first-order valence-corrected chi connectivity index (χ1v) is 13.7. The zero-order valence-corrected chi connectivity index (χ0v) is 19.9. The Morgan fingerprint density at radius 2 is 1.94 bits per heavy atom. The number of aromatic nitrogens is 2. The molecule has 1 saturated carbocycles. The van der Waals surface area contributed by atoms with E-state index < -0.39 is 16.8 Å². The number of benzene rings is 1. The fourth-order valence-corrected chi connectivity index (χ4v) is 6.13. The molecule has 0 bridgehead atoms. The molecule has 1 aromatic carbocycles. The molecule has 4 rings (SSSR count). The number of rotatable bonds is 8. The van der Waals surface area contributed by atoms with Crippen molar-refractivity contribution in [3.05, 3.63) is 29.0 Å². The van der Waals surface area contributed by atoms with E-state index in [1.165, 1.54) is 25.7 Å². The van der Waals surface area contributed by atoms with Gasteiger partial charge >= 0.3 is 0 Å². The molecule has 2 fully saturated rings. The van der Waals surface area contributed by atoms with Crippen LogP contribution in [0.2, 0.25) is 5.28 Å². The fraction of sp³-hybridized carbons (Fsp3) is 0.600. The SMILES string of the molecule is CN(c1nc(Cl)nc2cc([C@H]3CCC(COP(O)CP(O)O)O3)ccc12)C1CCCC1. The van der Waals surface area contributed by atoms with Gasteiger partial charge in [0, 0.05) is 18.5 Å². The van der Waals surface area contributed by atoms with Crippen LogP contribution in [-0.2, 0) is 9.26 Å². The minimum atomic E-state index is -2.15. The van der Waals surface area contributed by atoms with Gasteiger partial charge in [-0.05, 0) is 55.0 Å². The van der Waals surface area contributed by atoms with Crippen molar-refractivity contribution in [2.24, 2.45) is 0 Å². The van der Waals surface area contributed by atoms with Crippen molar-refractivity contribution in [1.82, 2.24) is 9.97 Å². The zero-order chi connectivity index (χ0) is 22.0. The van der Waals surface area contributed by atoms with Crippen LogP contribution in [0.4, 0.5) is 5.82 Å². The number of nitrogens with zero attached hydrogens (tertiary/aromatic N) is 3. The van der Waals surface area contributed by atoms with E-state index in [0.717, 1.165) is 35.1 Å². The van der Waals surface area contributed by atoms with E-state index >= 15 is 0 Å². The van der Waals surface area contributed by atoms with Crippen molar-refractivity contribution < 1.29 is 23.9 Å². The predicted octanol–water partition coefficient (Wildman–Crippen LogP) is 4.46. The second-order valence-corrected chi connectivity index (χ2v) is 11.3. The Morgan fingerprint density at radius 1 is 1.16 bits per heavy atom. The lowest BCUT2D eigenvalue weighted by Crippen LogP contribution is -2.29. The molecule has 0 radical (unpaired) electrons. The predicted molar refractivity (Wildman–Crippen MR) is 123 cm³/mol. The number of anilines is 1. The zero-order valence-electron chi connectivity index (χ0n) is 17.4. The summed E-state index contributed by atoms with van der Waals surface area (Å²) in [7, 11) is -1.90. The van der Waals surface area contributed by atoms with Crippen molar-refractivity contribution in [2.45, 2.75) is 56.8 Å². The Labute approximate surface area is 189 Å². The van der Waals surface area contributed by atoms with E-state index in [0.29, 0.717) is 6.04 Å². The monoisotopic (exact) mass is 487 g/mol. The van der Waals surface area contributed by atoms with Gasteiger partial charge in [-0.15, -0.1) is 0 Å². The maximum absolute atomic E-state index is 9.71. The molecule has 31 heavy (non-hydrogen) atoms. The van der Waals surface area contributed by atoms with Gasteiger partial charge in [-0.2, -0.15) is 4.98 Å². The highest BCUT2D eigenvalue weighted by Crippen LogP contribution is 2.45. The molecule has 1 aliphatic carbocycles. The van der Waals surface area contributed by atoms with Crippen molar-refractivity contribution in [2.75, 3.05) is 24.5 Å². The van der Waals surface area contributed by atoms with Gasteiger partial charge < -0.3 is 28.8 Å². The summed E-state index contributed by atoms with van der Waals surface area (Å²) >= 11 is 6.26. The first kappa shape index (κ1) is 23.5. The third-order valence-corrected chi connectivity index (χ3v) is 8.61. The van der Waals surface area contributed by atoms with Crippen LogP contribution in [0.3, 0.4) is 0 Å². The van der Waals surface area contributed by atoms with E-state index in [-0.39, 0.29) is 30.0 Å². The van der Waals surface area contributed by atoms with Crippen molar-refractivity contribution in [1.29, 1.82) is 0 Å².